The van der Waals surface area contributed by atoms with Gasteiger partial charge in [-0.25, -0.2) is 13.8 Å². The van der Waals surface area contributed by atoms with Crippen LogP contribution in [-0.2, 0) is 13.0 Å². The lowest BCUT2D eigenvalue weighted by Gasteiger charge is -2.17. The van der Waals surface area contributed by atoms with Gasteiger partial charge in [-0.1, -0.05) is 25.8 Å². The average molecular weight is 390 g/mol. The Morgan fingerprint density at radius 3 is 2.61 bits per heavy atom. The molecule has 0 radical (unpaired) electrons. The van der Waals surface area contributed by atoms with Gasteiger partial charge in [-0.15, -0.1) is 0 Å². The van der Waals surface area contributed by atoms with Gasteiger partial charge in [0.05, 0.1) is 5.69 Å². The van der Waals surface area contributed by atoms with Crippen molar-refractivity contribution in [3.8, 4) is 0 Å². The molecular formula is C20H24F2N4O2. The van der Waals surface area contributed by atoms with Crippen LogP contribution in [0.4, 0.5) is 14.5 Å². The predicted molar refractivity (Wildman–Crippen MR) is 101 cm³/mol. The van der Waals surface area contributed by atoms with E-state index in [4.69, 9.17) is 0 Å². The highest BCUT2D eigenvalue weighted by Crippen LogP contribution is 2.24. The molecule has 6 nitrogen and oxygen atoms in total. The number of nitrogens with zero attached hydrogens (tertiary/aromatic N) is 2. The summed E-state index contributed by atoms with van der Waals surface area (Å²) in [7, 11) is 0. The van der Waals surface area contributed by atoms with Gasteiger partial charge in [-0.2, -0.15) is 0 Å². The number of carbonyl (C=O) groups excluding carboxylic acids is 2. The predicted octanol–water partition coefficient (Wildman–Crippen LogP) is 3.67. The van der Waals surface area contributed by atoms with E-state index in [1.807, 2.05) is 0 Å². The fourth-order valence-electron chi connectivity index (χ4n) is 3.34. The molecule has 1 aromatic carbocycles. The third-order valence-corrected chi connectivity index (χ3v) is 4.80. The molecule has 2 amide bonds. The molecule has 0 atom stereocenters. The maximum absolute atomic E-state index is 13.9. The highest BCUT2D eigenvalue weighted by molar-refractivity contribution is 6.05. The number of carbonyl (C=O) groups is 2. The third-order valence-electron chi connectivity index (χ3n) is 4.80. The Bertz CT molecular complexity index is 859. The minimum atomic E-state index is -0.865. The van der Waals surface area contributed by atoms with Crippen molar-refractivity contribution in [1.29, 1.82) is 0 Å². The molecule has 0 bridgehead atoms. The van der Waals surface area contributed by atoms with Gasteiger partial charge in [0.15, 0.2) is 11.5 Å². The highest BCUT2D eigenvalue weighted by Gasteiger charge is 2.28. The van der Waals surface area contributed by atoms with E-state index in [2.05, 4.69) is 22.5 Å². The number of para-hydroxylation sites is 1. The Labute approximate surface area is 162 Å². The molecule has 28 heavy (non-hydrogen) atoms. The number of nitrogens with one attached hydrogen (secondary N) is 2. The molecule has 1 aliphatic rings. The largest absolute Gasteiger partial charge is 0.349 e. The zero-order valence-electron chi connectivity index (χ0n) is 15.9. The second kappa shape index (κ2) is 8.95. The molecule has 0 saturated carbocycles. The van der Waals surface area contributed by atoms with Gasteiger partial charge in [-0.3, -0.25) is 9.59 Å². The maximum Gasteiger partial charge on any atom is 0.287 e. The van der Waals surface area contributed by atoms with Gasteiger partial charge in [0.2, 0.25) is 0 Å². The minimum absolute atomic E-state index is 0.0426. The molecule has 0 saturated heterocycles. The molecule has 2 aromatic rings. The molecule has 2 heterocycles. The van der Waals surface area contributed by atoms with Gasteiger partial charge in [0.25, 0.3) is 11.8 Å². The van der Waals surface area contributed by atoms with Crippen LogP contribution < -0.4 is 10.6 Å². The summed E-state index contributed by atoms with van der Waals surface area (Å²) in [6.07, 6.45) is 5.25. The molecule has 8 heteroatoms. The molecule has 0 fully saturated rings. The van der Waals surface area contributed by atoms with Crippen LogP contribution in [0.5, 0.6) is 0 Å². The van der Waals surface area contributed by atoms with E-state index in [0.29, 0.717) is 25.2 Å². The summed E-state index contributed by atoms with van der Waals surface area (Å²) in [5, 5.41) is 5.09. The first-order valence-electron chi connectivity index (χ1n) is 9.66. The van der Waals surface area contributed by atoms with Gasteiger partial charge >= 0.3 is 0 Å². The Balaban J connectivity index is 1.84. The van der Waals surface area contributed by atoms with Crippen LogP contribution in [0.25, 0.3) is 0 Å². The zero-order valence-corrected chi connectivity index (χ0v) is 15.9. The van der Waals surface area contributed by atoms with Crippen molar-refractivity contribution in [1.82, 2.24) is 14.9 Å². The maximum atomic E-state index is 13.9. The van der Waals surface area contributed by atoms with Crippen LogP contribution in [0, 0.1) is 11.6 Å². The molecule has 0 unspecified atom stereocenters. The number of hydrogen-bond donors (Lipinski definition) is 2. The number of halogens is 2. The highest BCUT2D eigenvalue weighted by atomic mass is 19.1. The molecule has 0 spiro atoms. The fraction of sp³-hybridized carbons (Fsp3) is 0.450. The standard InChI is InChI=1S/C20H24F2N4O2/c1-2-3-5-11-23-20(28)18-24-17(15-10-4-6-12-26(15)18)19(27)25-16-13(21)8-7-9-14(16)22/h7-9H,2-6,10-12H2,1H3,(H,23,28)(H,25,27). The van der Waals surface area contributed by atoms with E-state index in [9.17, 15) is 18.4 Å². The number of anilines is 1. The van der Waals surface area contributed by atoms with Crippen molar-refractivity contribution in [3.63, 3.8) is 0 Å². The first kappa shape index (κ1) is 20.0. The summed E-state index contributed by atoms with van der Waals surface area (Å²) in [5.41, 5.74) is 0.149. The lowest BCUT2D eigenvalue weighted by molar-refractivity contribution is 0.0937. The van der Waals surface area contributed by atoms with Crippen molar-refractivity contribution >= 4 is 17.5 Å². The zero-order chi connectivity index (χ0) is 20.1. The average Bonchev–Trinajstić information content (AvgIpc) is 3.08. The van der Waals surface area contributed by atoms with Crippen molar-refractivity contribution in [2.45, 2.75) is 52.0 Å². The van der Waals surface area contributed by atoms with Crippen molar-refractivity contribution < 1.29 is 18.4 Å². The second-order valence-corrected chi connectivity index (χ2v) is 6.85. The summed E-state index contributed by atoms with van der Waals surface area (Å²) in [6.45, 7) is 3.20. The summed E-state index contributed by atoms with van der Waals surface area (Å²) in [5.74, 6) is -2.62. The van der Waals surface area contributed by atoms with Crippen molar-refractivity contribution in [2.24, 2.45) is 0 Å². The van der Waals surface area contributed by atoms with E-state index in [1.54, 1.807) is 4.57 Å². The van der Waals surface area contributed by atoms with Gasteiger partial charge < -0.3 is 15.2 Å². The van der Waals surface area contributed by atoms with Crippen LogP contribution >= 0.6 is 0 Å². The van der Waals surface area contributed by atoms with Crippen LogP contribution in [0.2, 0.25) is 0 Å². The molecule has 2 N–H and O–H groups in total. The molecule has 1 aromatic heterocycles. The number of imidazole rings is 1. The quantitative estimate of drug-likeness (QED) is 0.709. The number of aromatic nitrogens is 2. The van der Waals surface area contributed by atoms with Gasteiger partial charge in [0, 0.05) is 13.1 Å². The van der Waals surface area contributed by atoms with E-state index in [-0.39, 0.29) is 17.4 Å². The molecule has 0 aliphatic carbocycles. The molecule has 3 rings (SSSR count). The smallest absolute Gasteiger partial charge is 0.287 e. The second-order valence-electron chi connectivity index (χ2n) is 6.85. The SMILES string of the molecule is CCCCCNC(=O)c1nc(C(=O)Nc2c(F)cccc2F)c2n1CCCC2. The van der Waals surface area contributed by atoms with Crippen LogP contribution in [0.15, 0.2) is 18.2 Å². The Morgan fingerprint density at radius 1 is 1.14 bits per heavy atom. The van der Waals surface area contributed by atoms with Crippen LogP contribution in [-0.4, -0.2) is 27.9 Å². The van der Waals surface area contributed by atoms with Gasteiger partial charge in [-0.05, 0) is 37.8 Å². The van der Waals surface area contributed by atoms with E-state index < -0.39 is 23.2 Å². The summed E-state index contributed by atoms with van der Waals surface area (Å²) < 4.78 is 29.5. The third kappa shape index (κ3) is 4.21. The van der Waals surface area contributed by atoms with E-state index >= 15 is 0 Å². The molecule has 1 aliphatic heterocycles. The number of fused-ring (bicyclic) bond motifs is 1. The summed E-state index contributed by atoms with van der Waals surface area (Å²) in [4.78, 5) is 29.4. The molecule has 150 valence electrons. The Kier molecular flexibility index (Phi) is 6.38. The van der Waals surface area contributed by atoms with E-state index in [0.717, 1.165) is 44.2 Å². The van der Waals surface area contributed by atoms with Crippen LogP contribution in [0.1, 0.15) is 65.8 Å². The Hall–Kier alpha value is -2.77. The number of benzene rings is 1. The van der Waals surface area contributed by atoms with Gasteiger partial charge in [0.1, 0.15) is 17.3 Å². The Morgan fingerprint density at radius 2 is 1.89 bits per heavy atom. The number of unbranched alkanes of at least 4 members (excludes halogenated alkanes) is 2. The number of hydrogen-bond acceptors (Lipinski definition) is 3. The normalized spacial score (nSPS) is 13.1. The number of rotatable bonds is 7. The lowest BCUT2D eigenvalue weighted by Crippen LogP contribution is -2.28. The lowest BCUT2D eigenvalue weighted by atomic mass is 10.1. The first-order valence-corrected chi connectivity index (χ1v) is 9.66. The first-order chi connectivity index (χ1) is 13.5. The summed E-state index contributed by atoms with van der Waals surface area (Å²) >= 11 is 0. The van der Waals surface area contributed by atoms with Crippen molar-refractivity contribution in [2.75, 3.05) is 11.9 Å². The monoisotopic (exact) mass is 390 g/mol. The minimum Gasteiger partial charge on any atom is -0.349 e. The topological polar surface area (TPSA) is 76.0 Å². The van der Waals surface area contributed by atoms with Crippen LogP contribution in [0.3, 0.4) is 0 Å². The summed E-state index contributed by atoms with van der Waals surface area (Å²) in [6, 6.07) is 3.35. The van der Waals surface area contributed by atoms with E-state index in [1.165, 1.54) is 6.07 Å². The van der Waals surface area contributed by atoms with Crippen molar-refractivity contribution in [3.05, 3.63) is 47.0 Å². The fourth-order valence-corrected chi connectivity index (χ4v) is 3.34. The number of amides is 2. The molecular weight excluding hydrogens is 366 g/mol.